The smallest absolute Gasteiger partial charge is 0.321 e. The normalized spacial score (nSPS) is 19.7. The van der Waals surface area contributed by atoms with E-state index >= 15 is 0 Å². The lowest BCUT2D eigenvalue weighted by Gasteiger charge is -2.29. The van der Waals surface area contributed by atoms with E-state index in [1.807, 2.05) is 35.4 Å². The number of likely N-dealkylation sites (tertiary alicyclic amines) is 1. The van der Waals surface area contributed by atoms with Gasteiger partial charge in [-0.05, 0) is 37.0 Å². The maximum atomic E-state index is 12.3. The third-order valence-corrected chi connectivity index (χ3v) is 6.53. The quantitative estimate of drug-likeness (QED) is 0.839. The highest BCUT2D eigenvalue weighted by Crippen LogP contribution is 2.37. The van der Waals surface area contributed by atoms with Gasteiger partial charge in [-0.25, -0.2) is 9.78 Å². The number of ether oxygens (including phenoxy) is 1. The van der Waals surface area contributed by atoms with Gasteiger partial charge in [0.2, 0.25) is 0 Å². The molecule has 2 fully saturated rings. The van der Waals surface area contributed by atoms with Crippen LogP contribution in [0.25, 0.3) is 10.4 Å². The molecule has 2 N–H and O–H groups in total. The molecule has 3 heterocycles. The first-order chi connectivity index (χ1) is 13.1. The minimum atomic E-state index is -0.872. The average molecular weight is 388 g/mol. The number of piperidine rings is 1. The lowest BCUT2D eigenvalue weighted by Crippen LogP contribution is -2.38. The molecule has 2 saturated heterocycles. The molecule has 7 heteroatoms. The number of hydrogen-bond donors (Lipinski definition) is 2. The number of benzene rings is 1. The molecular formula is C20H25N3O3S. The molecule has 1 aromatic carbocycles. The van der Waals surface area contributed by atoms with Crippen molar-refractivity contribution in [1.82, 2.24) is 9.88 Å². The van der Waals surface area contributed by atoms with Gasteiger partial charge in [0.15, 0.2) is 0 Å². The van der Waals surface area contributed by atoms with Gasteiger partial charge in [0.25, 0.3) is 0 Å². The number of carbonyl (C=O) groups excluding carboxylic acids is 1. The number of aromatic nitrogens is 1. The molecule has 0 saturated carbocycles. The van der Waals surface area contributed by atoms with Crippen LogP contribution in [-0.4, -0.2) is 47.3 Å². The van der Waals surface area contributed by atoms with Gasteiger partial charge >= 0.3 is 6.03 Å². The van der Waals surface area contributed by atoms with Gasteiger partial charge in [0.05, 0.1) is 4.88 Å². The first kappa shape index (κ1) is 18.4. The third-order valence-electron chi connectivity index (χ3n) is 5.29. The summed E-state index contributed by atoms with van der Waals surface area (Å²) in [5.41, 5.74) is 0.955. The molecule has 6 nitrogen and oxygen atoms in total. The Morgan fingerprint density at radius 2 is 1.85 bits per heavy atom. The molecule has 2 amide bonds. The van der Waals surface area contributed by atoms with Crippen LogP contribution in [0.1, 0.15) is 37.1 Å². The fraction of sp³-hybridized carbons (Fsp3) is 0.500. The lowest BCUT2D eigenvalue weighted by atomic mass is 9.95. The Labute approximate surface area is 163 Å². The number of anilines is 1. The largest absolute Gasteiger partial charge is 0.382 e. The second-order valence-electron chi connectivity index (χ2n) is 7.23. The molecule has 0 unspecified atom stereocenters. The van der Waals surface area contributed by atoms with Crippen LogP contribution in [0, 0.1) is 0 Å². The van der Waals surface area contributed by atoms with Crippen molar-refractivity contribution in [1.29, 1.82) is 0 Å². The number of aliphatic hydroxyl groups is 1. The van der Waals surface area contributed by atoms with Crippen LogP contribution in [0.2, 0.25) is 0 Å². The van der Waals surface area contributed by atoms with E-state index in [2.05, 4.69) is 10.3 Å². The Morgan fingerprint density at radius 3 is 2.56 bits per heavy atom. The number of thiazole rings is 1. The van der Waals surface area contributed by atoms with E-state index < -0.39 is 5.60 Å². The molecule has 144 valence electrons. The molecule has 4 rings (SSSR count). The van der Waals surface area contributed by atoms with E-state index in [9.17, 15) is 9.90 Å². The molecule has 0 bridgehead atoms. The van der Waals surface area contributed by atoms with Crippen molar-refractivity contribution in [2.75, 3.05) is 31.6 Å². The lowest BCUT2D eigenvalue weighted by molar-refractivity contribution is -0.0679. The number of nitrogens with zero attached hydrogens (tertiary/aromatic N) is 2. The second kappa shape index (κ2) is 7.96. The Bertz CT molecular complexity index is 778. The van der Waals surface area contributed by atoms with E-state index in [4.69, 9.17) is 4.74 Å². The molecule has 27 heavy (non-hydrogen) atoms. The fourth-order valence-electron chi connectivity index (χ4n) is 3.56. The standard InChI is InChI=1S/C20H25N3O3S/c24-19(23-10-2-1-3-11-23)22-16-6-4-15(5-7-16)17-14-21-18(27-17)20(25)8-12-26-13-9-20/h4-7,14,25H,1-3,8-13H2,(H,22,24). The molecule has 2 aliphatic rings. The van der Waals surface area contributed by atoms with Crippen molar-refractivity contribution in [3.8, 4) is 10.4 Å². The molecule has 2 aromatic rings. The van der Waals surface area contributed by atoms with Crippen molar-refractivity contribution in [3.05, 3.63) is 35.5 Å². The zero-order valence-corrected chi connectivity index (χ0v) is 16.1. The Kier molecular flexibility index (Phi) is 5.43. The summed E-state index contributed by atoms with van der Waals surface area (Å²) < 4.78 is 5.35. The summed E-state index contributed by atoms with van der Waals surface area (Å²) in [5, 5.41) is 14.5. The summed E-state index contributed by atoms with van der Waals surface area (Å²) in [6.45, 7) is 2.80. The first-order valence-electron chi connectivity index (χ1n) is 9.57. The van der Waals surface area contributed by atoms with E-state index in [1.54, 1.807) is 0 Å². The summed E-state index contributed by atoms with van der Waals surface area (Å²) in [6.07, 6.45) is 6.35. The average Bonchev–Trinajstić information content (AvgIpc) is 3.21. The van der Waals surface area contributed by atoms with Crippen LogP contribution in [-0.2, 0) is 10.3 Å². The zero-order chi connectivity index (χ0) is 18.7. The summed E-state index contributed by atoms with van der Waals surface area (Å²) >= 11 is 1.52. The van der Waals surface area contributed by atoms with E-state index in [1.165, 1.54) is 17.8 Å². The molecule has 2 aliphatic heterocycles. The third kappa shape index (κ3) is 4.15. The van der Waals surface area contributed by atoms with E-state index in [-0.39, 0.29) is 6.03 Å². The van der Waals surface area contributed by atoms with Crippen molar-refractivity contribution in [2.24, 2.45) is 0 Å². The van der Waals surface area contributed by atoms with Gasteiger partial charge in [-0.3, -0.25) is 0 Å². The maximum Gasteiger partial charge on any atom is 0.321 e. The number of nitrogens with one attached hydrogen (secondary N) is 1. The highest BCUT2D eigenvalue weighted by Gasteiger charge is 2.34. The van der Waals surface area contributed by atoms with Crippen molar-refractivity contribution >= 4 is 23.1 Å². The Balaban J connectivity index is 1.42. The van der Waals surface area contributed by atoms with Crippen molar-refractivity contribution in [2.45, 2.75) is 37.7 Å². The summed E-state index contributed by atoms with van der Waals surface area (Å²) in [4.78, 5) is 19.7. The zero-order valence-electron chi connectivity index (χ0n) is 15.3. The summed E-state index contributed by atoms with van der Waals surface area (Å²) in [6, 6.07) is 7.78. The fourth-order valence-corrected chi connectivity index (χ4v) is 4.63. The minimum Gasteiger partial charge on any atom is -0.382 e. The monoisotopic (exact) mass is 387 g/mol. The Morgan fingerprint density at radius 1 is 1.15 bits per heavy atom. The predicted molar refractivity (Wildman–Crippen MR) is 106 cm³/mol. The van der Waals surface area contributed by atoms with Crippen LogP contribution in [0.5, 0.6) is 0 Å². The molecule has 1 aromatic heterocycles. The van der Waals surface area contributed by atoms with Crippen molar-refractivity contribution in [3.63, 3.8) is 0 Å². The summed E-state index contributed by atoms with van der Waals surface area (Å²) in [5.74, 6) is 0. The highest BCUT2D eigenvalue weighted by molar-refractivity contribution is 7.15. The molecular weight excluding hydrogens is 362 g/mol. The van der Waals surface area contributed by atoms with Gasteiger partial charge in [-0.1, -0.05) is 12.1 Å². The number of amides is 2. The topological polar surface area (TPSA) is 74.7 Å². The van der Waals surface area contributed by atoms with Gasteiger partial charge < -0.3 is 20.1 Å². The van der Waals surface area contributed by atoms with Gasteiger partial charge in [0, 0.05) is 51.0 Å². The number of hydrogen-bond acceptors (Lipinski definition) is 5. The molecule has 0 atom stereocenters. The van der Waals surface area contributed by atoms with Crippen LogP contribution < -0.4 is 5.32 Å². The van der Waals surface area contributed by atoms with Gasteiger partial charge in [-0.2, -0.15) is 0 Å². The molecule has 0 aliphatic carbocycles. The Hall–Kier alpha value is -1.96. The number of urea groups is 1. The first-order valence-corrected chi connectivity index (χ1v) is 10.4. The van der Waals surface area contributed by atoms with Crippen LogP contribution in [0.3, 0.4) is 0 Å². The number of rotatable bonds is 3. The predicted octanol–water partition coefficient (Wildman–Crippen LogP) is 3.83. The summed E-state index contributed by atoms with van der Waals surface area (Å²) in [7, 11) is 0. The van der Waals surface area contributed by atoms with E-state index in [0.717, 1.165) is 47.1 Å². The maximum absolute atomic E-state index is 12.3. The van der Waals surface area contributed by atoms with Crippen LogP contribution in [0.4, 0.5) is 10.5 Å². The van der Waals surface area contributed by atoms with Crippen LogP contribution in [0.15, 0.2) is 30.5 Å². The van der Waals surface area contributed by atoms with Crippen LogP contribution >= 0.6 is 11.3 Å². The van der Waals surface area contributed by atoms with E-state index in [0.29, 0.717) is 26.1 Å². The second-order valence-corrected chi connectivity index (χ2v) is 8.26. The SMILES string of the molecule is O=C(Nc1ccc(-c2cnc(C3(O)CCOCC3)s2)cc1)N1CCCCC1. The molecule has 0 radical (unpaired) electrons. The van der Waals surface area contributed by atoms with Gasteiger partial charge in [0.1, 0.15) is 10.6 Å². The van der Waals surface area contributed by atoms with Crippen molar-refractivity contribution < 1.29 is 14.6 Å². The highest BCUT2D eigenvalue weighted by atomic mass is 32.1. The van der Waals surface area contributed by atoms with Gasteiger partial charge in [-0.15, -0.1) is 11.3 Å². The number of carbonyl (C=O) groups is 1. The molecule has 0 spiro atoms. The minimum absolute atomic E-state index is 0.0238.